The third-order valence-corrected chi connectivity index (χ3v) is 6.42. The van der Waals surface area contributed by atoms with Crippen molar-refractivity contribution in [3.05, 3.63) is 59.7 Å². The maximum atomic E-state index is 12.4. The van der Waals surface area contributed by atoms with E-state index in [0.29, 0.717) is 13.0 Å². The molecule has 3 N–H and O–H groups in total. The van der Waals surface area contributed by atoms with Gasteiger partial charge in [0.05, 0.1) is 6.61 Å². The molecule has 8 heteroatoms. The van der Waals surface area contributed by atoms with Crippen molar-refractivity contribution < 1.29 is 29.0 Å². The smallest absolute Gasteiger partial charge is 0.407 e. The Balaban J connectivity index is 1.26. The second kappa shape index (κ2) is 9.23. The van der Waals surface area contributed by atoms with Gasteiger partial charge in [-0.2, -0.15) is 0 Å². The number of carboxylic acids is 1. The lowest BCUT2D eigenvalue weighted by atomic mass is 9.98. The molecule has 2 aromatic rings. The van der Waals surface area contributed by atoms with Crippen molar-refractivity contribution >= 4 is 18.0 Å². The van der Waals surface area contributed by atoms with Crippen LogP contribution in [0, 0.1) is 11.8 Å². The van der Waals surface area contributed by atoms with Crippen molar-refractivity contribution in [1.29, 1.82) is 0 Å². The minimum atomic E-state index is -1.49. The Labute approximate surface area is 192 Å². The summed E-state index contributed by atoms with van der Waals surface area (Å²) in [5, 5.41) is 14.6. The Hall–Kier alpha value is -3.39. The summed E-state index contributed by atoms with van der Waals surface area (Å²) in [4.78, 5) is 36.2. The van der Waals surface area contributed by atoms with Gasteiger partial charge in [-0.3, -0.25) is 4.79 Å². The third-order valence-electron chi connectivity index (χ3n) is 6.42. The zero-order valence-corrected chi connectivity index (χ0v) is 18.7. The van der Waals surface area contributed by atoms with Gasteiger partial charge in [-0.25, -0.2) is 9.59 Å². The zero-order valence-electron chi connectivity index (χ0n) is 18.7. The number of carboxylic acid groups (broad SMARTS) is 1. The molecule has 0 heterocycles. The molecule has 2 aromatic carbocycles. The number of methoxy groups -OCH3 is 1. The number of rotatable bonds is 9. The summed E-state index contributed by atoms with van der Waals surface area (Å²) in [6.07, 6.45) is 0.0516. The van der Waals surface area contributed by atoms with Crippen LogP contribution in [0.1, 0.15) is 30.4 Å². The monoisotopic (exact) mass is 452 g/mol. The summed E-state index contributed by atoms with van der Waals surface area (Å²) < 4.78 is 10.4. The number of aliphatic carboxylic acids is 1. The van der Waals surface area contributed by atoms with Crippen LogP contribution in [0.2, 0.25) is 0 Å². The highest BCUT2D eigenvalue weighted by Gasteiger charge is 2.46. The lowest BCUT2D eigenvalue weighted by molar-refractivity contribution is -0.149. The van der Waals surface area contributed by atoms with E-state index >= 15 is 0 Å². The van der Waals surface area contributed by atoms with E-state index in [9.17, 15) is 19.5 Å². The van der Waals surface area contributed by atoms with Crippen molar-refractivity contribution in [1.82, 2.24) is 10.6 Å². The Morgan fingerprint density at radius 3 is 2.24 bits per heavy atom. The molecule has 3 atom stereocenters. The third kappa shape index (κ3) is 4.71. The predicted octanol–water partition coefficient (Wildman–Crippen LogP) is 2.77. The van der Waals surface area contributed by atoms with Gasteiger partial charge in [0, 0.05) is 25.5 Å². The van der Waals surface area contributed by atoms with Crippen LogP contribution in [0.15, 0.2) is 48.5 Å². The molecule has 2 aliphatic carbocycles. The SMILES string of the molecule is COCC(C)(NC(=O)C1CC1CNC(=O)OCC1c2ccccc2-c2ccccc21)C(=O)O. The number of fused-ring (bicyclic) bond motifs is 3. The number of amides is 2. The molecule has 0 aliphatic heterocycles. The lowest BCUT2D eigenvalue weighted by Gasteiger charge is -2.25. The maximum Gasteiger partial charge on any atom is 0.407 e. The van der Waals surface area contributed by atoms with Crippen LogP contribution in [0.25, 0.3) is 11.1 Å². The van der Waals surface area contributed by atoms with Gasteiger partial charge < -0.3 is 25.2 Å². The average molecular weight is 453 g/mol. The van der Waals surface area contributed by atoms with E-state index in [0.717, 1.165) is 22.3 Å². The van der Waals surface area contributed by atoms with Crippen molar-refractivity contribution in [3.8, 4) is 11.1 Å². The zero-order chi connectivity index (χ0) is 23.6. The highest BCUT2D eigenvalue weighted by molar-refractivity contribution is 5.89. The first-order valence-corrected chi connectivity index (χ1v) is 11.0. The summed E-state index contributed by atoms with van der Waals surface area (Å²) in [7, 11) is 1.38. The number of nitrogens with one attached hydrogen (secondary N) is 2. The van der Waals surface area contributed by atoms with Crippen LogP contribution in [0.5, 0.6) is 0 Å². The van der Waals surface area contributed by atoms with E-state index in [1.54, 1.807) is 0 Å². The van der Waals surface area contributed by atoms with E-state index in [4.69, 9.17) is 9.47 Å². The normalized spacial score (nSPS) is 20.2. The van der Waals surface area contributed by atoms with E-state index < -0.39 is 17.6 Å². The molecule has 1 fully saturated rings. The van der Waals surface area contributed by atoms with Crippen molar-refractivity contribution in [2.45, 2.75) is 24.8 Å². The second-order valence-electron chi connectivity index (χ2n) is 8.87. The number of alkyl carbamates (subject to hydrolysis) is 1. The van der Waals surface area contributed by atoms with Crippen LogP contribution in [-0.2, 0) is 19.1 Å². The first kappa shape index (κ1) is 22.8. The second-order valence-corrected chi connectivity index (χ2v) is 8.87. The molecule has 2 aliphatic rings. The van der Waals surface area contributed by atoms with Crippen LogP contribution in [-0.4, -0.2) is 55.5 Å². The Bertz CT molecular complexity index is 1020. The first-order chi connectivity index (χ1) is 15.8. The molecule has 0 radical (unpaired) electrons. The fourth-order valence-corrected chi connectivity index (χ4v) is 4.46. The van der Waals surface area contributed by atoms with Crippen molar-refractivity contribution in [2.24, 2.45) is 11.8 Å². The molecule has 33 heavy (non-hydrogen) atoms. The number of carbonyl (C=O) groups is 3. The summed E-state index contributed by atoms with van der Waals surface area (Å²) in [5.41, 5.74) is 3.12. The summed E-state index contributed by atoms with van der Waals surface area (Å²) in [5.74, 6) is -1.92. The highest BCUT2D eigenvalue weighted by atomic mass is 16.5. The fourth-order valence-electron chi connectivity index (χ4n) is 4.46. The minimum Gasteiger partial charge on any atom is -0.479 e. The average Bonchev–Trinajstić information content (AvgIpc) is 3.52. The van der Waals surface area contributed by atoms with E-state index in [1.165, 1.54) is 14.0 Å². The standard InChI is InChI=1S/C25H28N2O6/c1-25(14-32-2,23(29)30)27-22(28)20-11-15(20)12-26-24(31)33-13-21-18-9-5-3-7-16(18)17-8-4-6-10-19(17)21/h3-10,15,20-21H,11-14H2,1-2H3,(H,26,31)(H,27,28)(H,29,30). The van der Waals surface area contributed by atoms with Crippen LogP contribution in [0.4, 0.5) is 4.79 Å². The van der Waals surface area contributed by atoms with Crippen LogP contribution in [0.3, 0.4) is 0 Å². The van der Waals surface area contributed by atoms with Gasteiger partial charge in [0.25, 0.3) is 0 Å². The van der Waals surface area contributed by atoms with Gasteiger partial charge in [-0.15, -0.1) is 0 Å². The molecule has 174 valence electrons. The fraction of sp³-hybridized carbons (Fsp3) is 0.400. The molecule has 0 aromatic heterocycles. The van der Waals surface area contributed by atoms with Gasteiger partial charge in [-0.1, -0.05) is 48.5 Å². The summed E-state index contributed by atoms with van der Waals surface area (Å²) in [6, 6.07) is 16.2. The molecule has 0 saturated heterocycles. The number of hydrogen-bond acceptors (Lipinski definition) is 5. The molecule has 0 spiro atoms. The number of carbonyl (C=O) groups excluding carboxylic acids is 2. The lowest BCUT2D eigenvalue weighted by Crippen LogP contribution is -2.56. The largest absolute Gasteiger partial charge is 0.479 e. The van der Waals surface area contributed by atoms with Crippen molar-refractivity contribution in [3.63, 3.8) is 0 Å². The Morgan fingerprint density at radius 2 is 1.67 bits per heavy atom. The Morgan fingerprint density at radius 1 is 1.06 bits per heavy atom. The van der Waals surface area contributed by atoms with E-state index in [2.05, 4.69) is 34.9 Å². The molecule has 3 unspecified atom stereocenters. The van der Waals surface area contributed by atoms with Crippen LogP contribution >= 0.6 is 0 Å². The number of benzene rings is 2. The van der Waals surface area contributed by atoms with Gasteiger partial charge in [-0.05, 0) is 41.5 Å². The van der Waals surface area contributed by atoms with Crippen LogP contribution < -0.4 is 10.6 Å². The Kier molecular flexibility index (Phi) is 6.37. The molecule has 8 nitrogen and oxygen atoms in total. The predicted molar refractivity (Wildman–Crippen MR) is 121 cm³/mol. The first-order valence-electron chi connectivity index (χ1n) is 11.0. The quantitative estimate of drug-likeness (QED) is 0.539. The van der Waals surface area contributed by atoms with Gasteiger partial charge >= 0.3 is 12.1 Å². The topological polar surface area (TPSA) is 114 Å². The highest BCUT2D eigenvalue weighted by Crippen LogP contribution is 2.44. The van der Waals surface area contributed by atoms with Crippen molar-refractivity contribution in [2.75, 3.05) is 26.9 Å². The maximum absolute atomic E-state index is 12.4. The van der Waals surface area contributed by atoms with Gasteiger partial charge in [0.15, 0.2) is 5.54 Å². The van der Waals surface area contributed by atoms with E-state index in [-0.39, 0.29) is 36.9 Å². The molecule has 1 saturated carbocycles. The summed E-state index contributed by atoms with van der Waals surface area (Å²) in [6.45, 7) is 1.79. The summed E-state index contributed by atoms with van der Waals surface area (Å²) >= 11 is 0. The molecule has 4 rings (SSSR count). The van der Waals surface area contributed by atoms with Gasteiger partial charge in [0.2, 0.25) is 5.91 Å². The minimum absolute atomic E-state index is 0.0166. The van der Waals surface area contributed by atoms with E-state index in [1.807, 2.05) is 24.3 Å². The molecule has 0 bridgehead atoms. The molecular formula is C25H28N2O6. The number of hydrogen-bond donors (Lipinski definition) is 3. The molecular weight excluding hydrogens is 424 g/mol. The molecule has 2 amide bonds. The number of ether oxygens (including phenoxy) is 2. The van der Waals surface area contributed by atoms with Gasteiger partial charge in [0.1, 0.15) is 6.61 Å².